The molecule has 2 saturated heterocycles. The summed E-state index contributed by atoms with van der Waals surface area (Å²) in [6.45, 7) is 3.63. The van der Waals surface area contributed by atoms with E-state index in [9.17, 15) is 14.3 Å². The minimum atomic E-state index is -0.306. The van der Waals surface area contributed by atoms with E-state index < -0.39 is 0 Å². The van der Waals surface area contributed by atoms with E-state index in [4.69, 9.17) is 4.74 Å². The molecule has 0 aromatic heterocycles. The van der Waals surface area contributed by atoms with Crippen molar-refractivity contribution in [2.24, 2.45) is 11.8 Å². The Hall–Kier alpha value is -2.64. The number of methoxy groups -OCH3 is 1. The van der Waals surface area contributed by atoms with Gasteiger partial charge in [-0.15, -0.1) is 0 Å². The second kappa shape index (κ2) is 9.88. The fourth-order valence-electron chi connectivity index (χ4n) is 5.12. The number of piperidine rings is 1. The molecule has 2 aromatic carbocycles. The quantitative estimate of drug-likeness (QED) is 0.716. The maximum atomic E-state index is 13.1. The average Bonchev–Trinajstić information content (AvgIpc) is 3.19. The monoisotopic (exact) mass is 441 g/mol. The maximum Gasteiger partial charge on any atom is 0.228 e. The first-order valence-corrected chi connectivity index (χ1v) is 11.3. The van der Waals surface area contributed by atoms with Gasteiger partial charge in [0.1, 0.15) is 5.82 Å². The van der Waals surface area contributed by atoms with Crippen LogP contribution in [0.3, 0.4) is 0 Å². The third-order valence-electron chi connectivity index (χ3n) is 6.91. The van der Waals surface area contributed by atoms with Crippen molar-refractivity contribution < 1.29 is 19.0 Å². The first-order chi connectivity index (χ1) is 15.4. The van der Waals surface area contributed by atoms with E-state index in [1.54, 1.807) is 25.3 Å². The van der Waals surface area contributed by atoms with E-state index >= 15 is 0 Å². The third kappa shape index (κ3) is 5.22. The zero-order chi connectivity index (χ0) is 22.7. The number of carbonyl (C=O) groups is 1. The minimum Gasteiger partial charge on any atom is -0.504 e. The van der Waals surface area contributed by atoms with Gasteiger partial charge in [0.2, 0.25) is 5.91 Å². The molecule has 0 saturated carbocycles. The number of benzene rings is 2. The van der Waals surface area contributed by atoms with Gasteiger partial charge >= 0.3 is 0 Å². The number of aromatic hydroxyl groups is 1. The Balaban J connectivity index is 1.28. The second-order valence-corrected chi connectivity index (χ2v) is 9.06. The lowest BCUT2D eigenvalue weighted by molar-refractivity contribution is -0.119. The fourth-order valence-corrected chi connectivity index (χ4v) is 5.12. The van der Waals surface area contributed by atoms with Gasteiger partial charge in [-0.2, -0.15) is 0 Å². The summed E-state index contributed by atoms with van der Waals surface area (Å²) < 4.78 is 18.3. The molecule has 2 atom stereocenters. The SMILES string of the molecule is COc1cc(CN2CCC(C3CC(C(=O)Nc4ccc(F)cc4)CN3C)CC2)ccc1O. The summed E-state index contributed by atoms with van der Waals surface area (Å²) in [4.78, 5) is 17.5. The zero-order valence-electron chi connectivity index (χ0n) is 18.8. The Morgan fingerprint density at radius 2 is 1.91 bits per heavy atom. The molecule has 2 aliphatic rings. The Bertz CT molecular complexity index is 929. The number of carbonyl (C=O) groups excluding carboxylic acids is 1. The molecule has 6 nitrogen and oxygen atoms in total. The van der Waals surface area contributed by atoms with Crippen molar-refractivity contribution in [1.29, 1.82) is 0 Å². The highest BCUT2D eigenvalue weighted by atomic mass is 19.1. The number of phenols is 1. The molecular formula is C25H32FN3O3. The van der Waals surface area contributed by atoms with E-state index in [0.29, 0.717) is 23.4 Å². The van der Waals surface area contributed by atoms with Crippen molar-refractivity contribution in [2.45, 2.75) is 31.8 Å². The average molecular weight is 442 g/mol. The molecule has 32 heavy (non-hydrogen) atoms. The van der Waals surface area contributed by atoms with E-state index in [2.05, 4.69) is 22.2 Å². The van der Waals surface area contributed by atoms with Gasteiger partial charge in [0.05, 0.1) is 13.0 Å². The van der Waals surface area contributed by atoms with Crippen LogP contribution in [0.25, 0.3) is 0 Å². The lowest BCUT2D eigenvalue weighted by atomic mass is 9.86. The van der Waals surface area contributed by atoms with Crippen molar-refractivity contribution in [1.82, 2.24) is 9.80 Å². The molecule has 0 spiro atoms. The topological polar surface area (TPSA) is 65.0 Å². The number of phenolic OH excluding ortho intramolecular Hbond substituents is 1. The van der Waals surface area contributed by atoms with Crippen LogP contribution in [-0.4, -0.2) is 60.6 Å². The van der Waals surface area contributed by atoms with Crippen molar-refractivity contribution in [2.75, 3.05) is 39.1 Å². The first-order valence-electron chi connectivity index (χ1n) is 11.3. The normalized spacial score (nSPS) is 22.7. The van der Waals surface area contributed by atoms with Gasteiger partial charge in [-0.25, -0.2) is 4.39 Å². The summed E-state index contributed by atoms with van der Waals surface area (Å²) in [6.07, 6.45) is 3.08. The van der Waals surface area contributed by atoms with Crippen LogP contribution in [0.15, 0.2) is 42.5 Å². The number of ether oxygens (including phenoxy) is 1. The third-order valence-corrected chi connectivity index (χ3v) is 6.91. The summed E-state index contributed by atoms with van der Waals surface area (Å²) in [7, 11) is 3.68. The number of hydrogen-bond donors (Lipinski definition) is 2. The summed E-state index contributed by atoms with van der Waals surface area (Å²) in [5.74, 6) is 0.920. The zero-order valence-corrected chi connectivity index (χ0v) is 18.8. The highest BCUT2D eigenvalue weighted by Crippen LogP contribution is 2.34. The smallest absolute Gasteiger partial charge is 0.228 e. The Morgan fingerprint density at radius 3 is 2.59 bits per heavy atom. The largest absolute Gasteiger partial charge is 0.504 e. The summed E-state index contributed by atoms with van der Waals surface area (Å²) in [5, 5.41) is 12.7. The standard InChI is InChI=1S/C25H32FN3O3/c1-28-16-19(25(31)27-21-6-4-20(26)5-7-21)14-22(28)18-9-11-29(12-10-18)15-17-3-8-23(30)24(13-17)32-2/h3-8,13,18-19,22,30H,9-12,14-16H2,1-2H3,(H,27,31). The van der Waals surface area contributed by atoms with E-state index in [1.807, 2.05) is 12.1 Å². The highest BCUT2D eigenvalue weighted by Gasteiger charge is 2.39. The van der Waals surface area contributed by atoms with Crippen LogP contribution in [0.5, 0.6) is 11.5 Å². The van der Waals surface area contributed by atoms with Crippen LogP contribution in [-0.2, 0) is 11.3 Å². The summed E-state index contributed by atoms with van der Waals surface area (Å²) in [5.41, 5.74) is 1.77. The Kier molecular flexibility index (Phi) is 6.96. The second-order valence-electron chi connectivity index (χ2n) is 9.06. The van der Waals surface area contributed by atoms with Crippen molar-refractivity contribution in [3.63, 3.8) is 0 Å². The molecule has 1 amide bonds. The molecule has 0 radical (unpaired) electrons. The highest BCUT2D eigenvalue weighted by molar-refractivity contribution is 5.92. The molecule has 2 aromatic rings. The van der Waals surface area contributed by atoms with E-state index in [1.165, 1.54) is 12.1 Å². The summed E-state index contributed by atoms with van der Waals surface area (Å²) >= 11 is 0. The molecule has 2 aliphatic heterocycles. The van der Waals surface area contributed by atoms with Gasteiger partial charge in [-0.05, 0) is 87.3 Å². The van der Waals surface area contributed by atoms with Crippen molar-refractivity contribution >= 4 is 11.6 Å². The molecule has 0 bridgehead atoms. The van der Waals surface area contributed by atoms with Gasteiger partial charge in [-0.3, -0.25) is 9.69 Å². The molecule has 172 valence electrons. The Morgan fingerprint density at radius 1 is 1.19 bits per heavy atom. The predicted octanol–water partition coefficient (Wildman–Crippen LogP) is 3.71. The van der Waals surface area contributed by atoms with Gasteiger partial charge in [-0.1, -0.05) is 6.07 Å². The number of rotatable bonds is 6. The molecule has 2 unspecified atom stereocenters. The molecule has 2 N–H and O–H groups in total. The number of hydrogen-bond acceptors (Lipinski definition) is 5. The molecule has 2 heterocycles. The van der Waals surface area contributed by atoms with E-state index in [-0.39, 0.29) is 23.4 Å². The van der Waals surface area contributed by atoms with E-state index in [0.717, 1.165) is 51.0 Å². The first kappa shape index (κ1) is 22.6. The van der Waals surface area contributed by atoms with Crippen LogP contribution in [0, 0.1) is 17.7 Å². The van der Waals surface area contributed by atoms with Crippen LogP contribution in [0.1, 0.15) is 24.8 Å². The van der Waals surface area contributed by atoms with Gasteiger partial charge in [0.15, 0.2) is 11.5 Å². The number of halogens is 1. The number of amides is 1. The molecule has 4 rings (SSSR count). The molecular weight excluding hydrogens is 409 g/mol. The predicted molar refractivity (Wildman–Crippen MR) is 122 cm³/mol. The Labute approximate surface area is 189 Å². The maximum absolute atomic E-state index is 13.1. The van der Waals surface area contributed by atoms with Gasteiger partial charge < -0.3 is 20.1 Å². The lowest BCUT2D eigenvalue weighted by Crippen LogP contribution is -2.41. The van der Waals surface area contributed by atoms with Gasteiger partial charge in [0, 0.05) is 24.8 Å². The lowest BCUT2D eigenvalue weighted by Gasteiger charge is -2.37. The van der Waals surface area contributed by atoms with Crippen LogP contribution in [0.4, 0.5) is 10.1 Å². The van der Waals surface area contributed by atoms with Crippen molar-refractivity contribution in [3.8, 4) is 11.5 Å². The molecule has 2 fully saturated rings. The number of nitrogens with zero attached hydrogens (tertiary/aromatic N) is 2. The van der Waals surface area contributed by atoms with Crippen LogP contribution in [0.2, 0.25) is 0 Å². The van der Waals surface area contributed by atoms with Crippen molar-refractivity contribution in [3.05, 3.63) is 53.8 Å². The number of likely N-dealkylation sites (tertiary alicyclic amines) is 2. The summed E-state index contributed by atoms with van der Waals surface area (Å²) in [6, 6.07) is 11.9. The fraction of sp³-hybridized carbons (Fsp3) is 0.480. The minimum absolute atomic E-state index is 0.0182. The van der Waals surface area contributed by atoms with Gasteiger partial charge in [0.25, 0.3) is 0 Å². The van der Waals surface area contributed by atoms with Crippen LogP contribution >= 0.6 is 0 Å². The molecule has 0 aliphatic carbocycles. The number of nitrogens with one attached hydrogen (secondary N) is 1. The molecule has 7 heteroatoms. The van der Waals surface area contributed by atoms with Crippen LogP contribution < -0.4 is 10.1 Å². The number of anilines is 1.